The summed E-state index contributed by atoms with van der Waals surface area (Å²) < 4.78 is 39.7. The third-order valence-corrected chi connectivity index (χ3v) is 3.67. The summed E-state index contributed by atoms with van der Waals surface area (Å²) in [5, 5.41) is 3.24. The van der Waals surface area contributed by atoms with Gasteiger partial charge in [0.25, 0.3) is 0 Å². The second-order valence-electron chi connectivity index (χ2n) is 4.16. The summed E-state index contributed by atoms with van der Waals surface area (Å²) in [5.41, 5.74) is 0.928. The minimum atomic E-state index is -4.63. The smallest absolute Gasteiger partial charge is 0.406 e. The first kappa shape index (κ1) is 16.3. The minimum absolute atomic E-state index is 0.192. The minimum Gasteiger partial charge on any atom is -0.406 e. The Labute approximate surface area is 119 Å². The van der Waals surface area contributed by atoms with Crippen molar-refractivity contribution in [3.8, 4) is 5.75 Å². The Bertz CT molecular complexity index is 367. The van der Waals surface area contributed by atoms with E-state index in [9.17, 15) is 13.2 Å². The number of hydrogen-bond acceptors (Lipinski definition) is 2. The van der Waals surface area contributed by atoms with Gasteiger partial charge in [0.1, 0.15) is 5.75 Å². The first-order chi connectivity index (χ1) is 8.90. The zero-order chi connectivity index (χ0) is 14.3. The molecule has 0 aliphatic heterocycles. The maximum absolute atomic E-state index is 12.0. The summed E-state index contributed by atoms with van der Waals surface area (Å²) in [7, 11) is 0. The zero-order valence-corrected chi connectivity index (χ0v) is 12.2. The van der Waals surface area contributed by atoms with E-state index in [1.165, 1.54) is 12.1 Å². The van der Waals surface area contributed by atoms with Crippen LogP contribution in [0.15, 0.2) is 24.3 Å². The number of hydrogen-bond donors (Lipinski definition) is 1. The Kier molecular flexibility index (Phi) is 6.65. The fourth-order valence-corrected chi connectivity index (χ4v) is 1.73. The SMILES string of the molecule is CCC(Br)CCNCc1ccc(OC(F)(F)F)cc1. The molecule has 1 rings (SSSR count). The lowest BCUT2D eigenvalue weighted by atomic mass is 10.2. The Morgan fingerprint density at radius 1 is 1.26 bits per heavy atom. The van der Waals surface area contributed by atoms with Crippen molar-refractivity contribution >= 4 is 15.9 Å². The van der Waals surface area contributed by atoms with Gasteiger partial charge in [-0.05, 0) is 37.1 Å². The van der Waals surface area contributed by atoms with E-state index in [0.717, 1.165) is 24.9 Å². The molecule has 1 unspecified atom stereocenters. The van der Waals surface area contributed by atoms with Crippen molar-refractivity contribution in [1.82, 2.24) is 5.32 Å². The first-order valence-electron chi connectivity index (χ1n) is 6.10. The molecule has 19 heavy (non-hydrogen) atoms. The van der Waals surface area contributed by atoms with Crippen molar-refractivity contribution in [2.24, 2.45) is 0 Å². The van der Waals surface area contributed by atoms with Gasteiger partial charge in [-0.1, -0.05) is 35.0 Å². The molecule has 0 fully saturated rings. The first-order valence-corrected chi connectivity index (χ1v) is 7.01. The van der Waals surface area contributed by atoms with Gasteiger partial charge in [0.2, 0.25) is 0 Å². The average molecular weight is 340 g/mol. The highest BCUT2D eigenvalue weighted by Gasteiger charge is 2.30. The number of rotatable bonds is 7. The van der Waals surface area contributed by atoms with Crippen LogP contribution in [0.25, 0.3) is 0 Å². The van der Waals surface area contributed by atoms with E-state index in [1.54, 1.807) is 12.1 Å². The summed E-state index contributed by atoms with van der Waals surface area (Å²) in [6.07, 6.45) is -2.54. The number of benzene rings is 1. The highest BCUT2D eigenvalue weighted by Crippen LogP contribution is 2.22. The van der Waals surface area contributed by atoms with Crippen molar-refractivity contribution < 1.29 is 17.9 Å². The number of halogens is 4. The van der Waals surface area contributed by atoms with Crippen molar-refractivity contribution in [3.05, 3.63) is 29.8 Å². The molecular weight excluding hydrogens is 323 g/mol. The van der Waals surface area contributed by atoms with Crippen LogP contribution >= 0.6 is 15.9 Å². The van der Waals surface area contributed by atoms with Crippen molar-refractivity contribution in [3.63, 3.8) is 0 Å². The summed E-state index contributed by atoms with van der Waals surface area (Å²) in [5.74, 6) is -0.192. The molecule has 0 saturated carbocycles. The summed E-state index contributed by atoms with van der Waals surface area (Å²) >= 11 is 3.54. The van der Waals surface area contributed by atoms with Gasteiger partial charge in [0.05, 0.1) is 0 Å². The van der Waals surface area contributed by atoms with Gasteiger partial charge >= 0.3 is 6.36 Å². The van der Waals surface area contributed by atoms with Crippen LogP contribution in [-0.2, 0) is 6.54 Å². The Hall–Kier alpha value is -0.750. The van der Waals surface area contributed by atoms with E-state index in [4.69, 9.17) is 0 Å². The van der Waals surface area contributed by atoms with Gasteiger partial charge in [0.15, 0.2) is 0 Å². The van der Waals surface area contributed by atoms with E-state index >= 15 is 0 Å². The van der Waals surface area contributed by atoms with Gasteiger partial charge in [-0.3, -0.25) is 0 Å². The van der Waals surface area contributed by atoms with Crippen molar-refractivity contribution in [2.75, 3.05) is 6.54 Å². The lowest BCUT2D eigenvalue weighted by Crippen LogP contribution is -2.18. The molecule has 6 heteroatoms. The molecule has 0 bridgehead atoms. The predicted molar refractivity (Wildman–Crippen MR) is 72.5 cm³/mol. The highest BCUT2D eigenvalue weighted by atomic mass is 79.9. The van der Waals surface area contributed by atoms with Gasteiger partial charge < -0.3 is 10.1 Å². The maximum atomic E-state index is 12.0. The standard InChI is InChI=1S/C13H17BrF3NO/c1-2-11(14)7-8-18-9-10-3-5-12(6-4-10)19-13(15,16)17/h3-6,11,18H,2,7-9H2,1H3. The monoisotopic (exact) mass is 339 g/mol. The number of nitrogens with one attached hydrogen (secondary N) is 1. The highest BCUT2D eigenvalue weighted by molar-refractivity contribution is 9.09. The molecule has 0 aliphatic rings. The Morgan fingerprint density at radius 2 is 1.89 bits per heavy atom. The topological polar surface area (TPSA) is 21.3 Å². The fourth-order valence-electron chi connectivity index (χ4n) is 1.50. The van der Waals surface area contributed by atoms with E-state index in [-0.39, 0.29) is 5.75 Å². The van der Waals surface area contributed by atoms with Crippen LogP contribution in [0, 0.1) is 0 Å². The van der Waals surface area contributed by atoms with Crippen LogP contribution < -0.4 is 10.1 Å². The van der Waals surface area contributed by atoms with E-state index in [2.05, 4.69) is 32.9 Å². The van der Waals surface area contributed by atoms with Crippen LogP contribution in [0.1, 0.15) is 25.3 Å². The lowest BCUT2D eigenvalue weighted by Gasteiger charge is -2.10. The van der Waals surface area contributed by atoms with Crippen molar-refractivity contribution in [1.29, 1.82) is 0 Å². The van der Waals surface area contributed by atoms with Crippen LogP contribution in [0.2, 0.25) is 0 Å². The van der Waals surface area contributed by atoms with Crippen LogP contribution in [0.5, 0.6) is 5.75 Å². The second-order valence-corrected chi connectivity index (χ2v) is 5.46. The van der Waals surface area contributed by atoms with Crippen LogP contribution in [-0.4, -0.2) is 17.7 Å². The van der Waals surface area contributed by atoms with Crippen LogP contribution in [0.4, 0.5) is 13.2 Å². The van der Waals surface area contributed by atoms with Crippen LogP contribution in [0.3, 0.4) is 0 Å². The molecule has 2 nitrogen and oxygen atoms in total. The van der Waals surface area contributed by atoms with Gasteiger partial charge in [-0.25, -0.2) is 0 Å². The van der Waals surface area contributed by atoms with E-state index in [0.29, 0.717) is 11.4 Å². The third-order valence-electron chi connectivity index (χ3n) is 2.56. The number of ether oxygens (including phenoxy) is 1. The van der Waals surface area contributed by atoms with Crippen molar-refractivity contribution in [2.45, 2.75) is 37.5 Å². The average Bonchev–Trinajstić information content (AvgIpc) is 2.34. The summed E-state index contributed by atoms with van der Waals surface area (Å²) in [4.78, 5) is 0.502. The van der Waals surface area contributed by atoms with E-state index in [1.807, 2.05) is 0 Å². The van der Waals surface area contributed by atoms with Gasteiger partial charge in [-0.15, -0.1) is 13.2 Å². The molecular formula is C13H17BrF3NO. The molecule has 1 atom stereocenters. The maximum Gasteiger partial charge on any atom is 0.573 e. The molecule has 0 radical (unpaired) electrons. The zero-order valence-electron chi connectivity index (χ0n) is 10.6. The largest absolute Gasteiger partial charge is 0.573 e. The summed E-state index contributed by atoms with van der Waals surface area (Å²) in [6.45, 7) is 3.61. The summed E-state index contributed by atoms with van der Waals surface area (Å²) in [6, 6.07) is 5.90. The molecule has 1 aromatic rings. The van der Waals surface area contributed by atoms with Gasteiger partial charge in [0, 0.05) is 11.4 Å². The van der Waals surface area contributed by atoms with E-state index < -0.39 is 6.36 Å². The second kappa shape index (κ2) is 7.75. The molecule has 0 spiro atoms. The molecule has 0 aliphatic carbocycles. The quantitative estimate of drug-likeness (QED) is 0.592. The normalized spacial score (nSPS) is 13.3. The molecule has 1 aromatic carbocycles. The third kappa shape index (κ3) is 7.42. The molecule has 1 N–H and O–H groups in total. The van der Waals surface area contributed by atoms with Gasteiger partial charge in [-0.2, -0.15) is 0 Å². The Morgan fingerprint density at radius 3 is 2.42 bits per heavy atom. The molecule has 0 aromatic heterocycles. The molecule has 108 valence electrons. The lowest BCUT2D eigenvalue weighted by molar-refractivity contribution is -0.274. The predicted octanol–water partition coefficient (Wildman–Crippen LogP) is 4.24. The fraction of sp³-hybridized carbons (Fsp3) is 0.538. The molecule has 0 heterocycles. The Balaban J connectivity index is 2.32. The molecule has 0 saturated heterocycles. The molecule has 0 amide bonds. The number of alkyl halides is 4.